The smallest absolute Gasteiger partial charge is 0.355 e. The summed E-state index contributed by atoms with van der Waals surface area (Å²) < 4.78 is 5.85. The molecule has 1 aromatic heterocycles. The number of hydrogen-bond donors (Lipinski definition) is 4. The Morgan fingerprint density at radius 1 is 1.03 bits per heavy atom. The summed E-state index contributed by atoms with van der Waals surface area (Å²) in [6.07, 6.45) is -0.670. The summed E-state index contributed by atoms with van der Waals surface area (Å²) >= 11 is 1.08. The van der Waals surface area contributed by atoms with Crippen molar-refractivity contribution in [3.63, 3.8) is 0 Å². The lowest BCUT2D eigenvalue weighted by Gasteiger charge is -2.21. The van der Waals surface area contributed by atoms with E-state index >= 15 is 0 Å². The first kappa shape index (κ1) is 27.8. The molecule has 1 unspecified atom stereocenters. The molecule has 37 heavy (non-hydrogen) atoms. The molecular weight excluding hydrogens is 494 g/mol. The Kier molecular flexibility index (Phi) is 9.76. The summed E-state index contributed by atoms with van der Waals surface area (Å²) in [5.41, 5.74) is 1.11. The second-order valence-corrected chi connectivity index (χ2v) is 9.78. The average molecular weight is 526 g/mol. The van der Waals surface area contributed by atoms with E-state index in [0.29, 0.717) is 23.5 Å². The quantitative estimate of drug-likeness (QED) is 0.273. The van der Waals surface area contributed by atoms with E-state index in [2.05, 4.69) is 15.6 Å². The number of para-hydroxylation sites is 1. The number of hydrogen-bond acceptors (Lipinski definition) is 7. The highest BCUT2D eigenvalue weighted by molar-refractivity contribution is 7.16. The summed E-state index contributed by atoms with van der Waals surface area (Å²) in [6.45, 7) is 5.80. The van der Waals surface area contributed by atoms with E-state index in [1.807, 2.05) is 51.1 Å². The fourth-order valence-corrected chi connectivity index (χ4v) is 4.61. The molecule has 0 radical (unpaired) electrons. The Morgan fingerprint density at radius 3 is 2.32 bits per heavy atom. The van der Waals surface area contributed by atoms with E-state index in [9.17, 15) is 24.6 Å². The van der Waals surface area contributed by atoms with E-state index in [4.69, 9.17) is 4.74 Å². The number of nitrogens with one attached hydrogen (secondary N) is 2. The SMILES string of the molecule is CCC[C@H](NC(=O)C(O)c1ccccc1OCc1ccccc1)C(=O)Nc1nc(C(=O)O)c(C(C)C)s1. The third-order valence-electron chi connectivity index (χ3n) is 5.52. The number of carbonyl (C=O) groups excluding carboxylic acids is 2. The normalized spacial score (nSPS) is 12.6. The summed E-state index contributed by atoms with van der Waals surface area (Å²) in [4.78, 5) is 42.0. The number of amides is 2. The van der Waals surface area contributed by atoms with Crippen molar-refractivity contribution in [2.45, 2.75) is 58.3 Å². The standard InChI is InChI=1S/C27H31N3O6S/c1-4-10-19(24(32)30-27-29-21(26(34)35)23(37-27)16(2)3)28-25(33)22(31)18-13-8-9-14-20(18)36-15-17-11-6-5-7-12-17/h5-9,11-14,16,19,22,31H,4,10,15H2,1-3H3,(H,28,33)(H,34,35)(H,29,30,32)/t19-,22?/m0/s1. The predicted molar refractivity (Wildman–Crippen MR) is 141 cm³/mol. The first-order valence-electron chi connectivity index (χ1n) is 12.0. The van der Waals surface area contributed by atoms with Gasteiger partial charge in [0.25, 0.3) is 5.91 Å². The zero-order valence-corrected chi connectivity index (χ0v) is 21.7. The second kappa shape index (κ2) is 13.0. The molecule has 0 saturated carbocycles. The van der Waals surface area contributed by atoms with Crippen LogP contribution in [0.1, 0.15) is 72.1 Å². The molecule has 2 amide bonds. The lowest BCUT2D eigenvalue weighted by molar-refractivity contribution is -0.133. The van der Waals surface area contributed by atoms with Crippen LogP contribution in [-0.4, -0.2) is 39.0 Å². The molecule has 2 aromatic carbocycles. The van der Waals surface area contributed by atoms with E-state index in [1.54, 1.807) is 24.3 Å². The number of aromatic nitrogens is 1. The molecule has 0 spiro atoms. The second-order valence-electron chi connectivity index (χ2n) is 8.75. The van der Waals surface area contributed by atoms with E-state index < -0.39 is 29.9 Å². The van der Waals surface area contributed by atoms with Gasteiger partial charge in [-0.1, -0.05) is 75.7 Å². The van der Waals surface area contributed by atoms with Crippen LogP contribution in [-0.2, 0) is 16.2 Å². The molecule has 3 aromatic rings. The van der Waals surface area contributed by atoms with Crippen molar-refractivity contribution >= 4 is 34.3 Å². The maximum atomic E-state index is 13.0. The van der Waals surface area contributed by atoms with Gasteiger partial charge in [0.15, 0.2) is 16.9 Å². The third-order valence-corrected chi connectivity index (χ3v) is 6.79. The van der Waals surface area contributed by atoms with Crippen LogP contribution in [0, 0.1) is 0 Å². The molecule has 3 rings (SSSR count). The Hall–Kier alpha value is -3.76. The summed E-state index contributed by atoms with van der Waals surface area (Å²) in [6, 6.07) is 15.2. The lowest BCUT2D eigenvalue weighted by atomic mass is 10.1. The largest absolute Gasteiger partial charge is 0.489 e. The number of carbonyl (C=O) groups is 3. The maximum Gasteiger partial charge on any atom is 0.355 e. The Labute approximate surface area is 219 Å². The number of anilines is 1. The molecular formula is C27H31N3O6S. The van der Waals surface area contributed by atoms with Crippen molar-refractivity contribution in [3.8, 4) is 5.75 Å². The van der Waals surface area contributed by atoms with Gasteiger partial charge >= 0.3 is 5.97 Å². The van der Waals surface area contributed by atoms with E-state index in [0.717, 1.165) is 16.9 Å². The molecule has 0 fully saturated rings. The lowest BCUT2D eigenvalue weighted by Crippen LogP contribution is -2.45. The number of carboxylic acid groups (broad SMARTS) is 1. The van der Waals surface area contributed by atoms with Gasteiger partial charge in [-0.05, 0) is 24.0 Å². The van der Waals surface area contributed by atoms with Crippen LogP contribution >= 0.6 is 11.3 Å². The number of carboxylic acids is 1. The van der Waals surface area contributed by atoms with Gasteiger partial charge < -0.3 is 25.6 Å². The molecule has 0 saturated heterocycles. The summed E-state index contributed by atoms with van der Waals surface area (Å²) in [7, 11) is 0. The zero-order valence-electron chi connectivity index (χ0n) is 20.9. The van der Waals surface area contributed by atoms with E-state index in [-0.39, 0.29) is 28.9 Å². The number of aliphatic hydroxyl groups excluding tert-OH is 1. The van der Waals surface area contributed by atoms with Crippen molar-refractivity contribution in [1.82, 2.24) is 10.3 Å². The van der Waals surface area contributed by atoms with Crippen molar-refractivity contribution in [2.24, 2.45) is 0 Å². The fourth-order valence-electron chi connectivity index (χ4n) is 3.65. The molecule has 0 aliphatic heterocycles. The number of rotatable bonds is 12. The van der Waals surface area contributed by atoms with Crippen LogP contribution in [0.25, 0.3) is 0 Å². The molecule has 0 bridgehead atoms. The number of aliphatic hydroxyl groups is 1. The molecule has 196 valence electrons. The number of ether oxygens (including phenoxy) is 1. The summed E-state index contributed by atoms with van der Waals surface area (Å²) in [5.74, 6) is -2.19. The Balaban J connectivity index is 1.71. The van der Waals surface area contributed by atoms with Gasteiger partial charge in [0, 0.05) is 10.4 Å². The van der Waals surface area contributed by atoms with Crippen molar-refractivity contribution in [3.05, 3.63) is 76.3 Å². The Morgan fingerprint density at radius 2 is 1.70 bits per heavy atom. The average Bonchev–Trinajstić information content (AvgIpc) is 3.32. The van der Waals surface area contributed by atoms with Crippen LogP contribution in [0.4, 0.5) is 5.13 Å². The van der Waals surface area contributed by atoms with Gasteiger partial charge in [0.2, 0.25) is 5.91 Å². The first-order chi connectivity index (χ1) is 17.7. The third kappa shape index (κ3) is 7.37. The maximum absolute atomic E-state index is 13.0. The van der Waals surface area contributed by atoms with Crippen LogP contribution in [0.15, 0.2) is 54.6 Å². The van der Waals surface area contributed by atoms with Gasteiger partial charge in [-0.2, -0.15) is 0 Å². The van der Waals surface area contributed by atoms with Crippen molar-refractivity contribution in [1.29, 1.82) is 0 Å². The first-order valence-corrected chi connectivity index (χ1v) is 12.8. The van der Waals surface area contributed by atoms with Crippen LogP contribution in [0.3, 0.4) is 0 Å². The number of benzene rings is 2. The number of aromatic carboxylic acids is 1. The van der Waals surface area contributed by atoms with Gasteiger partial charge in [-0.3, -0.25) is 9.59 Å². The fraction of sp³-hybridized carbons (Fsp3) is 0.333. The topological polar surface area (TPSA) is 138 Å². The minimum Gasteiger partial charge on any atom is -0.489 e. The van der Waals surface area contributed by atoms with Crippen LogP contribution in [0.2, 0.25) is 0 Å². The number of thiazole rings is 1. The molecule has 0 aliphatic rings. The van der Waals surface area contributed by atoms with Crippen LogP contribution in [0.5, 0.6) is 5.75 Å². The van der Waals surface area contributed by atoms with Gasteiger partial charge in [-0.15, -0.1) is 11.3 Å². The molecule has 4 N–H and O–H groups in total. The molecule has 9 nitrogen and oxygen atoms in total. The monoisotopic (exact) mass is 525 g/mol. The number of nitrogens with zero attached hydrogens (tertiary/aromatic N) is 1. The highest BCUT2D eigenvalue weighted by atomic mass is 32.1. The molecule has 10 heteroatoms. The van der Waals surface area contributed by atoms with Gasteiger partial charge in [0.1, 0.15) is 18.4 Å². The molecule has 2 atom stereocenters. The van der Waals surface area contributed by atoms with Gasteiger partial charge in [-0.25, -0.2) is 9.78 Å². The Bertz CT molecular complexity index is 1230. The van der Waals surface area contributed by atoms with Gasteiger partial charge in [0.05, 0.1) is 0 Å². The highest BCUT2D eigenvalue weighted by Gasteiger charge is 2.28. The molecule has 0 aliphatic carbocycles. The van der Waals surface area contributed by atoms with Crippen LogP contribution < -0.4 is 15.4 Å². The minimum atomic E-state index is -1.56. The molecule has 1 heterocycles. The van der Waals surface area contributed by atoms with E-state index in [1.165, 1.54) is 0 Å². The minimum absolute atomic E-state index is 0.0836. The van der Waals surface area contributed by atoms with Crippen molar-refractivity contribution in [2.75, 3.05) is 5.32 Å². The summed E-state index contributed by atoms with van der Waals surface area (Å²) in [5, 5.41) is 25.6. The predicted octanol–water partition coefficient (Wildman–Crippen LogP) is 4.50. The highest BCUT2D eigenvalue weighted by Crippen LogP contribution is 2.30. The van der Waals surface area contributed by atoms with Crippen molar-refractivity contribution < 1.29 is 29.3 Å². The zero-order chi connectivity index (χ0) is 26.9.